The number of amides is 2. The molecule has 0 unspecified atom stereocenters. The Morgan fingerprint density at radius 2 is 1.74 bits per heavy atom. The maximum Gasteiger partial charge on any atom is 0.278 e. The van der Waals surface area contributed by atoms with Crippen LogP contribution in [0.5, 0.6) is 0 Å². The SMILES string of the molecule is CCN(CC)c1ccc(NC2=C(c3cccs3)C(=O)N(Cc3ccccn3)C2=O)cc1. The first-order valence-electron chi connectivity index (χ1n) is 10.3. The molecule has 31 heavy (non-hydrogen) atoms. The number of rotatable bonds is 8. The van der Waals surface area contributed by atoms with Crippen molar-refractivity contribution in [1.29, 1.82) is 0 Å². The van der Waals surface area contributed by atoms with E-state index < -0.39 is 0 Å². The Bertz CT molecular complexity index is 1090. The van der Waals surface area contributed by atoms with Crippen molar-refractivity contribution in [2.24, 2.45) is 0 Å². The van der Waals surface area contributed by atoms with Crippen molar-refractivity contribution in [3.8, 4) is 0 Å². The third kappa shape index (κ3) is 4.22. The number of carbonyl (C=O) groups is 2. The molecule has 4 rings (SSSR count). The van der Waals surface area contributed by atoms with Crippen LogP contribution < -0.4 is 10.2 Å². The first-order valence-corrected chi connectivity index (χ1v) is 11.2. The van der Waals surface area contributed by atoms with Crippen LogP contribution in [0.3, 0.4) is 0 Å². The zero-order valence-corrected chi connectivity index (χ0v) is 18.4. The lowest BCUT2D eigenvalue weighted by atomic mass is 10.1. The lowest BCUT2D eigenvalue weighted by Gasteiger charge is -2.21. The lowest BCUT2D eigenvalue weighted by molar-refractivity contribution is -0.137. The molecule has 1 aliphatic rings. The predicted octanol–water partition coefficient (Wildman–Crippen LogP) is 4.38. The molecule has 3 aromatic rings. The van der Waals surface area contributed by atoms with Gasteiger partial charge in [0.15, 0.2) is 0 Å². The van der Waals surface area contributed by atoms with Gasteiger partial charge in [0.1, 0.15) is 5.70 Å². The van der Waals surface area contributed by atoms with Crippen LogP contribution in [0.25, 0.3) is 5.57 Å². The van der Waals surface area contributed by atoms with E-state index in [0.717, 1.165) is 29.3 Å². The molecule has 2 amide bonds. The first kappa shape index (κ1) is 20.8. The van der Waals surface area contributed by atoms with E-state index in [9.17, 15) is 9.59 Å². The number of pyridine rings is 1. The molecule has 1 aliphatic heterocycles. The third-order valence-corrected chi connectivity index (χ3v) is 6.13. The van der Waals surface area contributed by atoms with E-state index in [4.69, 9.17) is 0 Å². The fourth-order valence-corrected chi connectivity index (χ4v) is 4.40. The Kier molecular flexibility index (Phi) is 6.13. The van der Waals surface area contributed by atoms with Gasteiger partial charge in [0.05, 0.1) is 17.8 Å². The molecule has 0 aliphatic carbocycles. The molecule has 0 atom stereocenters. The first-order chi connectivity index (χ1) is 15.1. The molecular formula is C24H24N4O2S. The molecule has 6 nitrogen and oxygen atoms in total. The van der Waals surface area contributed by atoms with E-state index in [1.54, 1.807) is 12.3 Å². The number of hydrogen-bond donors (Lipinski definition) is 1. The highest BCUT2D eigenvalue weighted by Gasteiger charge is 2.39. The Morgan fingerprint density at radius 1 is 0.968 bits per heavy atom. The number of thiophene rings is 1. The summed E-state index contributed by atoms with van der Waals surface area (Å²) in [7, 11) is 0. The second-order valence-corrected chi connectivity index (χ2v) is 8.04. The highest BCUT2D eigenvalue weighted by Crippen LogP contribution is 2.33. The minimum Gasteiger partial charge on any atom is -0.372 e. The number of nitrogens with zero attached hydrogens (tertiary/aromatic N) is 3. The van der Waals surface area contributed by atoms with Crippen molar-refractivity contribution in [3.63, 3.8) is 0 Å². The standard InChI is InChI=1S/C24H24N4O2S/c1-3-27(4-2)19-12-10-17(11-13-19)26-22-21(20-9-7-15-31-20)23(29)28(24(22)30)16-18-8-5-6-14-25-18/h5-15,26H,3-4,16H2,1-2H3. The topological polar surface area (TPSA) is 65.5 Å². The summed E-state index contributed by atoms with van der Waals surface area (Å²) in [5.41, 5.74) is 3.26. The van der Waals surface area contributed by atoms with Gasteiger partial charge >= 0.3 is 0 Å². The molecule has 0 saturated heterocycles. The minimum absolute atomic E-state index is 0.138. The second-order valence-electron chi connectivity index (χ2n) is 7.09. The Labute approximate surface area is 185 Å². The van der Waals surface area contributed by atoms with Crippen molar-refractivity contribution in [2.45, 2.75) is 20.4 Å². The summed E-state index contributed by atoms with van der Waals surface area (Å²) >= 11 is 1.44. The summed E-state index contributed by atoms with van der Waals surface area (Å²) in [6.07, 6.45) is 1.66. The van der Waals surface area contributed by atoms with Crippen molar-refractivity contribution < 1.29 is 9.59 Å². The molecule has 1 N–H and O–H groups in total. The van der Waals surface area contributed by atoms with E-state index in [0.29, 0.717) is 17.0 Å². The van der Waals surface area contributed by atoms with Gasteiger partial charge in [-0.2, -0.15) is 0 Å². The number of anilines is 2. The van der Waals surface area contributed by atoms with E-state index >= 15 is 0 Å². The molecule has 0 saturated carbocycles. The molecule has 0 fully saturated rings. The Morgan fingerprint density at radius 3 is 2.35 bits per heavy atom. The molecule has 7 heteroatoms. The average Bonchev–Trinajstić information content (AvgIpc) is 3.40. The van der Waals surface area contributed by atoms with Crippen molar-refractivity contribution in [1.82, 2.24) is 9.88 Å². The second kappa shape index (κ2) is 9.14. The maximum absolute atomic E-state index is 13.3. The minimum atomic E-state index is -0.341. The van der Waals surface area contributed by atoms with Crippen LogP contribution in [-0.2, 0) is 16.1 Å². The largest absolute Gasteiger partial charge is 0.372 e. The zero-order valence-electron chi connectivity index (χ0n) is 17.5. The molecule has 158 valence electrons. The average molecular weight is 433 g/mol. The van der Waals surface area contributed by atoms with Gasteiger partial charge in [-0.3, -0.25) is 19.5 Å². The summed E-state index contributed by atoms with van der Waals surface area (Å²) < 4.78 is 0. The maximum atomic E-state index is 13.3. The molecule has 0 bridgehead atoms. The molecular weight excluding hydrogens is 408 g/mol. The predicted molar refractivity (Wildman–Crippen MR) is 125 cm³/mol. The quantitative estimate of drug-likeness (QED) is 0.535. The van der Waals surface area contributed by atoms with Crippen LogP contribution in [0.2, 0.25) is 0 Å². The fraction of sp³-hybridized carbons (Fsp3) is 0.208. The number of hydrogen-bond acceptors (Lipinski definition) is 6. The van der Waals surface area contributed by atoms with Crippen LogP contribution in [0, 0.1) is 0 Å². The summed E-state index contributed by atoms with van der Waals surface area (Å²) in [4.78, 5) is 35.0. The van der Waals surface area contributed by atoms with E-state index in [2.05, 4.69) is 29.0 Å². The van der Waals surface area contributed by atoms with E-state index in [1.807, 2.05) is 53.9 Å². The smallest absolute Gasteiger partial charge is 0.278 e. The number of benzene rings is 1. The molecule has 1 aromatic carbocycles. The Balaban J connectivity index is 1.64. The molecule has 0 radical (unpaired) electrons. The number of imide groups is 1. The van der Waals surface area contributed by atoms with Crippen LogP contribution in [0.4, 0.5) is 11.4 Å². The summed E-state index contributed by atoms with van der Waals surface area (Å²) in [5, 5.41) is 5.11. The monoisotopic (exact) mass is 432 g/mol. The van der Waals surface area contributed by atoms with Crippen LogP contribution in [-0.4, -0.2) is 34.8 Å². The fourth-order valence-electron chi connectivity index (χ4n) is 3.63. The van der Waals surface area contributed by atoms with Crippen molar-refractivity contribution >= 4 is 40.1 Å². The number of carbonyl (C=O) groups excluding carboxylic acids is 2. The van der Waals surface area contributed by atoms with Crippen LogP contribution in [0.1, 0.15) is 24.4 Å². The van der Waals surface area contributed by atoms with Gasteiger partial charge in [-0.15, -0.1) is 11.3 Å². The Hall–Kier alpha value is -3.45. The van der Waals surface area contributed by atoms with Crippen molar-refractivity contribution in [3.05, 3.63) is 82.4 Å². The van der Waals surface area contributed by atoms with Crippen LogP contribution >= 0.6 is 11.3 Å². The molecule has 0 spiro atoms. The van der Waals surface area contributed by atoms with Gasteiger partial charge in [-0.25, -0.2) is 0 Å². The highest BCUT2D eigenvalue weighted by molar-refractivity contribution is 7.11. The number of nitrogens with one attached hydrogen (secondary N) is 1. The summed E-state index contributed by atoms with van der Waals surface area (Å²) in [6.45, 7) is 6.22. The number of aromatic nitrogens is 1. The zero-order chi connectivity index (χ0) is 21.8. The highest BCUT2D eigenvalue weighted by atomic mass is 32.1. The normalized spacial score (nSPS) is 13.8. The van der Waals surface area contributed by atoms with Gasteiger partial charge in [0.25, 0.3) is 11.8 Å². The van der Waals surface area contributed by atoms with Gasteiger partial charge < -0.3 is 10.2 Å². The van der Waals surface area contributed by atoms with E-state index in [-0.39, 0.29) is 18.4 Å². The summed E-state index contributed by atoms with van der Waals surface area (Å²) in [6, 6.07) is 17.1. The lowest BCUT2D eigenvalue weighted by Crippen LogP contribution is -2.32. The van der Waals surface area contributed by atoms with Gasteiger partial charge in [-0.05, 0) is 61.7 Å². The van der Waals surface area contributed by atoms with Gasteiger partial charge in [0.2, 0.25) is 0 Å². The third-order valence-electron chi connectivity index (χ3n) is 5.25. The van der Waals surface area contributed by atoms with Gasteiger partial charge in [-0.1, -0.05) is 12.1 Å². The van der Waals surface area contributed by atoms with Crippen LogP contribution in [0.15, 0.2) is 71.9 Å². The molecule has 3 heterocycles. The summed E-state index contributed by atoms with van der Waals surface area (Å²) in [5.74, 6) is -0.646. The van der Waals surface area contributed by atoms with Gasteiger partial charge in [0, 0.05) is 35.5 Å². The van der Waals surface area contributed by atoms with E-state index in [1.165, 1.54) is 16.2 Å². The van der Waals surface area contributed by atoms with Crippen molar-refractivity contribution in [2.75, 3.05) is 23.3 Å². The molecule has 2 aromatic heterocycles.